The number of anilines is 1. The second-order valence-electron chi connectivity index (χ2n) is 3.67. The summed E-state index contributed by atoms with van der Waals surface area (Å²) < 4.78 is 0. The molecule has 0 atom stereocenters. The van der Waals surface area contributed by atoms with Gasteiger partial charge in [0.1, 0.15) is 0 Å². The molecule has 0 aliphatic rings. The molecule has 0 radical (unpaired) electrons. The zero-order valence-electron chi connectivity index (χ0n) is 9.62. The zero-order valence-corrected chi connectivity index (χ0v) is 10.4. The minimum atomic E-state index is 0.00719. The number of rotatable bonds is 6. The van der Waals surface area contributed by atoms with Gasteiger partial charge in [0, 0.05) is 29.4 Å². The summed E-state index contributed by atoms with van der Waals surface area (Å²) in [4.78, 5) is 2.19. The fraction of sp³-hybridized carbons (Fsp3) is 0.385. The summed E-state index contributed by atoms with van der Waals surface area (Å²) in [5, 5.41) is 9.97. The van der Waals surface area contributed by atoms with Crippen molar-refractivity contribution in [2.45, 2.75) is 20.0 Å². The molecule has 0 spiro atoms. The van der Waals surface area contributed by atoms with Crippen LogP contribution in [0, 0.1) is 0 Å². The maximum absolute atomic E-state index is 9.32. The Morgan fingerprint density at radius 2 is 2.25 bits per heavy atom. The Kier molecular flexibility index (Phi) is 5.36. The number of nitrogens with zero attached hydrogens (tertiary/aromatic N) is 1. The number of aliphatic hydroxyl groups excluding tert-OH is 1. The lowest BCUT2D eigenvalue weighted by Gasteiger charge is -2.25. The molecule has 3 heteroatoms. The SMILES string of the molecule is C=CCN(CCC)c1ccc(Cl)cc1CO. The second-order valence-corrected chi connectivity index (χ2v) is 4.10. The Morgan fingerprint density at radius 1 is 1.50 bits per heavy atom. The van der Waals surface area contributed by atoms with E-state index in [0.717, 1.165) is 30.8 Å². The second kappa shape index (κ2) is 6.56. The molecule has 0 heterocycles. The number of halogens is 1. The van der Waals surface area contributed by atoms with Crippen LogP contribution in [0.4, 0.5) is 5.69 Å². The van der Waals surface area contributed by atoms with Crippen LogP contribution in [0.5, 0.6) is 0 Å². The molecule has 0 aliphatic carbocycles. The quantitative estimate of drug-likeness (QED) is 0.771. The molecule has 1 N–H and O–H groups in total. The van der Waals surface area contributed by atoms with E-state index in [1.165, 1.54) is 0 Å². The Labute approximate surface area is 102 Å². The third-order valence-electron chi connectivity index (χ3n) is 2.40. The molecule has 0 bridgehead atoms. The predicted octanol–water partition coefficient (Wildman–Crippen LogP) is 3.23. The first-order valence-electron chi connectivity index (χ1n) is 5.48. The first-order valence-corrected chi connectivity index (χ1v) is 5.85. The van der Waals surface area contributed by atoms with E-state index in [-0.39, 0.29) is 6.61 Å². The van der Waals surface area contributed by atoms with Crippen LogP contribution in [0.15, 0.2) is 30.9 Å². The van der Waals surface area contributed by atoms with Gasteiger partial charge in [-0.2, -0.15) is 0 Å². The van der Waals surface area contributed by atoms with E-state index in [0.29, 0.717) is 5.02 Å². The molecule has 88 valence electrons. The van der Waals surface area contributed by atoms with Gasteiger partial charge >= 0.3 is 0 Å². The van der Waals surface area contributed by atoms with Crippen molar-refractivity contribution in [3.05, 3.63) is 41.4 Å². The molecule has 1 aromatic carbocycles. The standard InChI is InChI=1S/C13H18ClNO/c1-3-7-15(8-4-2)13-6-5-12(14)9-11(13)10-16/h3,5-6,9,16H,1,4,7-8,10H2,2H3. The third kappa shape index (κ3) is 3.26. The number of hydrogen-bond donors (Lipinski definition) is 1. The lowest BCUT2D eigenvalue weighted by molar-refractivity contribution is 0.282. The zero-order chi connectivity index (χ0) is 12.0. The number of aliphatic hydroxyl groups is 1. The van der Waals surface area contributed by atoms with E-state index in [1.54, 1.807) is 0 Å². The highest BCUT2D eigenvalue weighted by Crippen LogP contribution is 2.24. The van der Waals surface area contributed by atoms with Crippen LogP contribution in [0.3, 0.4) is 0 Å². The third-order valence-corrected chi connectivity index (χ3v) is 2.63. The highest BCUT2D eigenvalue weighted by molar-refractivity contribution is 6.30. The number of hydrogen-bond acceptors (Lipinski definition) is 2. The van der Waals surface area contributed by atoms with Gasteiger partial charge in [-0.15, -0.1) is 6.58 Å². The summed E-state index contributed by atoms with van der Waals surface area (Å²) in [6, 6.07) is 5.61. The van der Waals surface area contributed by atoms with Gasteiger partial charge < -0.3 is 10.0 Å². The van der Waals surface area contributed by atoms with Gasteiger partial charge in [0.2, 0.25) is 0 Å². The molecule has 16 heavy (non-hydrogen) atoms. The van der Waals surface area contributed by atoms with E-state index in [9.17, 15) is 5.11 Å². The smallest absolute Gasteiger partial charge is 0.0702 e. The fourth-order valence-corrected chi connectivity index (χ4v) is 1.92. The van der Waals surface area contributed by atoms with E-state index in [2.05, 4.69) is 18.4 Å². The largest absolute Gasteiger partial charge is 0.392 e. The maximum Gasteiger partial charge on any atom is 0.0702 e. The van der Waals surface area contributed by atoms with E-state index < -0.39 is 0 Å². The van der Waals surface area contributed by atoms with Crippen molar-refractivity contribution in [2.24, 2.45) is 0 Å². The van der Waals surface area contributed by atoms with Crippen LogP contribution in [-0.2, 0) is 6.61 Å². The first kappa shape index (κ1) is 13.1. The fourth-order valence-electron chi connectivity index (χ4n) is 1.73. The van der Waals surface area contributed by atoms with Gasteiger partial charge in [0.25, 0.3) is 0 Å². The lowest BCUT2D eigenvalue weighted by atomic mass is 10.1. The molecule has 0 saturated carbocycles. The average molecular weight is 240 g/mol. The topological polar surface area (TPSA) is 23.5 Å². The van der Waals surface area contributed by atoms with Crippen molar-refractivity contribution in [3.8, 4) is 0 Å². The van der Waals surface area contributed by atoms with Crippen molar-refractivity contribution < 1.29 is 5.11 Å². The van der Waals surface area contributed by atoms with Gasteiger partial charge in [0.05, 0.1) is 6.61 Å². The summed E-state index contributed by atoms with van der Waals surface area (Å²) in [6.45, 7) is 7.61. The van der Waals surface area contributed by atoms with Crippen molar-refractivity contribution in [2.75, 3.05) is 18.0 Å². The number of benzene rings is 1. The van der Waals surface area contributed by atoms with Crippen LogP contribution in [0.2, 0.25) is 5.02 Å². The Bertz CT molecular complexity index is 352. The molecule has 0 fully saturated rings. The predicted molar refractivity (Wildman–Crippen MR) is 70.1 cm³/mol. The molecule has 0 amide bonds. The van der Waals surface area contributed by atoms with E-state index >= 15 is 0 Å². The van der Waals surface area contributed by atoms with Gasteiger partial charge in [-0.1, -0.05) is 24.6 Å². The van der Waals surface area contributed by atoms with Crippen molar-refractivity contribution in [1.29, 1.82) is 0 Å². The van der Waals surface area contributed by atoms with Crippen LogP contribution in [0.1, 0.15) is 18.9 Å². The summed E-state index contributed by atoms with van der Waals surface area (Å²) in [7, 11) is 0. The molecule has 1 aromatic rings. The van der Waals surface area contributed by atoms with E-state index in [4.69, 9.17) is 11.6 Å². The molecule has 2 nitrogen and oxygen atoms in total. The summed E-state index contributed by atoms with van der Waals surface area (Å²) in [5.74, 6) is 0. The molecule has 0 aromatic heterocycles. The minimum absolute atomic E-state index is 0.00719. The summed E-state index contributed by atoms with van der Waals surface area (Å²) in [6.07, 6.45) is 2.92. The Balaban J connectivity index is 3.01. The molecule has 1 rings (SSSR count). The molecule has 0 unspecified atom stereocenters. The minimum Gasteiger partial charge on any atom is -0.392 e. The van der Waals surface area contributed by atoms with Crippen molar-refractivity contribution >= 4 is 17.3 Å². The van der Waals surface area contributed by atoms with Gasteiger partial charge in [-0.05, 0) is 24.6 Å². The van der Waals surface area contributed by atoms with Crippen LogP contribution in [0.25, 0.3) is 0 Å². The molecule has 0 aliphatic heterocycles. The molecule has 0 saturated heterocycles. The van der Waals surface area contributed by atoms with Crippen LogP contribution >= 0.6 is 11.6 Å². The summed E-state index contributed by atoms with van der Waals surface area (Å²) in [5.41, 5.74) is 1.90. The molecular formula is C13H18ClNO. The normalized spacial score (nSPS) is 10.2. The average Bonchev–Trinajstić information content (AvgIpc) is 2.28. The Hall–Kier alpha value is -0.990. The van der Waals surface area contributed by atoms with Gasteiger partial charge in [0.15, 0.2) is 0 Å². The van der Waals surface area contributed by atoms with Crippen LogP contribution in [-0.4, -0.2) is 18.2 Å². The van der Waals surface area contributed by atoms with E-state index in [1.807, 2.05) is 24.3 Å². The Morgan fingerprint density at radius 3 is 2.81 bits per heavy atom. The van der Waals surface area contributed by atoms with Crippen LogP contribution < -0.4 is 4.90 Å². The molecular weight excluding hydrogens is 222 g/mol. The van der Waals surface area contributed by atoms with Crippen molar-refractivity contribution in [1.82, 2.24) is 0 Å². The maximum atomic E-state index is 9.32. The summed E-state index contributed by atoms with van der Waals surface area (Å²) >= 11 is 5.90. The highest BCUT2D eigenvalue weighted by atomic mass is 35.5. The van der Waals surface area contributed by atoms with Gasteiger partial charge in [-0.3, -0.25) is 0 Å². The van der Waals surface area contributed by atoms with Crippen molar-refractivity contribution in [3.63, 3.8) is 0 Å². The van der Waals surface area contributed by atoms with Gasteiger partial charge in [-0.25, -0.2) is 0 Å². The monoisotopic (exact) mass is 239 g/mol. The first-order chi connectivity index (χ1) is 7.72. The lowest BCUT2D eigenvalue weighted by Crippen LogP contribution is -2.25. The highest BCUT2D eigenvalue weighted by Gasteiger charge is 2.09.